The van der Waals surface area contributed by atoms with Crippen LogP contribution in [0.5, 0.6) is 0 Å². The molecule has 3 saturated heterocycles. The van der Waals surface area contributed by atoms with Gasteiger partial charge in [0.25, 0.3) is 11.8 Å². The van der Waals surface area contributed by atoms with Crippen molar-refractivity contribution >= 4 is 11.9 Å². The molecule has 160 valence electrons. The predicted octanol–water partition coefficient (Wildman–Crippen LogP) is -0.0877. The summed E-state index contributed by atoms with van der Waals surface area (Å²) in [4.78, 5) is 29.6. The zero-order valence-corrected chi connectivity index (χ0v) is 16.0. The van der Waals surface area contributed by atoms with Gasteiger partial charge >= 0.3 is 6.03 Å². The minimum atomic E-state index is -2.96. The number of carbonyl (C=O) groups is 2. The van der Waals surface area contributed by atoms with E-state index in [4.69, 9.17) is 9.47 Å². The molecule has 1 aromatic heterocycles. The van der Waals surface area contributed by atoms with Gasteiger partial charge in [0.15, 0.2) is 5.69 Å². The summed E-state index contributed by atoms with van der Waals surface area (Å²) < 4.78 is 40.0. The molecule has 4 heterocycles. The molecule has 1 atom stereocenters. The third-order valence-electron chi connectivity index (χ3n) is 5.36. The Labute approximate surface area is 166 Å². The number of carbonyl (C=O) groups excluding carboxylic acids is 2. The summed E-state index contributed by atoms with van der Waals surface area (Å²) in [7, 11) is 0. The highest BCUT2D eigenvalue weighted by molar-refractivity contribution is 5.92. The molecule has 0 N–H and O–H groups in total. The molecule has 29 heavy (non-hydrogen) atoms. The topological polar surface area (TPSA) is 93.0 Å². The van der Waals surface area contributed by atoms with E-state index in [2.05, 4.69) is 10.3 Å². The highest BCUT2D eigenvalue weighted by Crippen LogP contribution is 2.33. The zero-order valence-electron chi connectivity index (χ0n) is 16.0. The van der Waals surface area contributed by atoms with E-state index in [1.807, 2.05) is 0 Å². The summed E-state index contributed by atoms with van der Waals surface area (Å²) >= 11 is 0. The summed E-state index contributed by atoms with van der Waals surface area (Å²) in [5.74, 6) is -3.22. The van der Waals surface area contributed by atoms with E-state index < -0.39 is 31.0 Å². The Kier molecular flexibility index (Phi) is 5.63. The molecule has 0 aliphatic carbocycles. The van der Waals surface area contributed by atoms with Crippen molar-refractivity contribution in [2.75, 3.05) is 59.2 Å². The second-order valence-corrected chi connectivity index (χ2v) is 7.45. The van der Waals surface area contributed by atoms with Crippen LogP contribution in [0.15, 0.2) is 6.20 Å². The lowest BCUT2D eigenvalue weighted by molar-refractivity contribution is 0.00976. The quantitative estimate of drug-likeness (QED) is 0.687. The van der Waals surface area contributed by atoms with Crippen molar-refractivity contribution < 1.29 is 27.8 Å². The summed E-state index contributed by atoms with van der Waals surface area (Å²) in [6.45, 7) is 2.88. The first-order valence-electron chi connectivity index (χ1n) is 9.71. The van der Waals surface area contributed by atoms with Crippen LogP contribution in [0, 0.1) is 0 Å². The molecule has 3 amide bonds. The summed E-state index contributed by atoms with van der Waals surface area (Å²) in [6.07, 6.45) is 1.00. The van der Waals surface area contributed by atoms with Crippen molar-refractivity contribution in [1.29, 1.82) is 0 Å². The molecule has 12 heteroatoms. The number of aromatic nitrogens is 3. The van der Waals surface area contributed by atoms with Gasteiger partial charge in [-0.3, -0.25) is 4.79 Å². The van der Waals surface area contributed by atoms with E-state index in [1.54, 1.807) is 4.90 Å². The average molecular weight is 414 g/mol. The number of alkyl halides is 2. The van der Waals surface area contributed by atoms with Gasteiger partial charge in [0.05, 0.1) is 51.8 Å². The SMILES string of the molecule is O=C(c1cn(C[C@@H]2CC(F)(F)CN2C(=O)N2CCOCC2)nn1)N1CCOCC1. The van der Waals surface area contributed by atoms with Crippen molar-refractivity contribution in [3.8, 4) is 0 Å². The maximum Gasteiger partial charge on any atom is 0.320 e. The van der Waals surface area contributed by atoms with Gasteiger partial charge in [-0.05, 0) is 0 Å². The van der Waals surface area contributed by atoms with Gasteiger partial charge in [-0.25, -0.2) is 18.3 Å². The predicted molar refractivity (Wildman–Crippen MR) is 94.6 cm³/mol. The smallest absolute Gasteiger partial charge is 0.320 e. The number of rotatable bonds is 3. The molecule has 1 aromatic rings. The van der Waals surface area contributed by atoms with E-state index >= 15 is 0 Å². The van der Waals surface area contributed by atoms with Gasteiger partial charge in [-0.15, -0.1) is 5.10 Å². The van der Waals surface area contributed by atoms with Crippen LogP contribution in [-0.4, -0.2) is 113 Å². The molecule has 0 bridgehead atoms. The minimum absolute atomic E-state index is 0.0507. The lowest BCUT2D eigenvalue weighted by Crippen LogP contribution is -2.50. The largest absolute Gasteiger partial charge is 0.378 e. The van der Waals surface area contributed by atoms with E-state index in [-0.39, 0.29) is 18.1 Å². The monoisotopic (exact) mass is 414 g/mol. The van der Waals surface area contributed by atoms with Crippen molar-refractivity contribution in [2.24, 2.45) is 0 Å². The Hall–Kier alpha value is -2.34. The fourth-order valence-electron chi connectivity index (χ4n) is 3.85. The standard InChI is InChI=1S/C17H24F2N6O4/c18-17(19)9-13(25(12-17)16(27)23-3-7-29-8-4-23)10-24-11-14(20-21-24)15(26)22-1-5-28-6-2-22/h11,13H,1-10,12H2/t13-/m0/s1. The first-order valence-corrected chi connectivity index (χ1v) is 9.71. The van der Waals surface area contributed by atoms with E-state index in [0.717, 1.165) is 0 Å². The van der Waals surface area contributed by atoms with Gasteiger partial charge in [-0.2, -0.15) is 0 Å². The molecule has 3 aliphatic heterocycles. The Bertz CT molecular complexity index is 748. The van der Waals surface area contributed by atoms with Crippen molar-refractivity contribution in [3.05, 3.63) is 11.9 Å². The maximum absolute atomic E-state index is 14.1. The number of nitrogens with zero attached hydrogens (tertiary/aromatic N) is 6. The Morgan fingerprint density at radius 1 is 1.07 bits per heavy atom. The number of hydrogen-bond acceptors (Lipinski definition) is 6. The minimum Gasteiger partial charge on any atom is -0.378 e. The third kappa shape index (κ3) is 4.47. The van der Waals surface area contributed by atoms with Gasteiger partial charge < -0.3 is 24.2 Å². The lowest BCUT2D eigenvalue weighted by Gasteiger charge is -2.33. The highest BCUT2D eigenvalue weighted by atomic mass is 19.3. The average Bonchev–Trinajstić information content (AvgIpc) is 3.32. The molecule has 10 nitrogen and oxygen atoms in total. The number of urea groups is 1. The lowest BCUT2D eigenvalue weighted by atomic mass is 10.2. The number of hydrogen-bond donors (Lipinski definition) is 0. The van der Waals surface area contributed by atoms with Crippen LogP contribution in [0.4, 0.5) is 13.6 Å². The van der Waals surface area contributed by atoms with Crippen LogP contribution >= 0.6 is 0 Å². The summed E-state index contributed by atoms with van der Waals surface area (Å²) in [5, 5.41) is 7.81. The fraction of sp³-hybridized carbons (Fsp3) is 0.765. The molecule has 0 aromatic carbocycles. The number of morpholine rings is 2. The van der Waals surface area contributed by atoms with Crippen LogP contribution in [0.1, 0.15) is 16.9 Å². The van der Waals surface area contributed by atoms with Crippen molar-refractivity contribution in [1.82, 2.24) is 29.7 Å². The molecule has 0 radical (unpaired) electrons. The Morgan fingerprint density at radius 2 is 1.69 bits per heavy atom. The number of ether oxygens (including phenoxy) is 2. The third-order valence-corrected chi connectivity index (χ3v) is 5.36. The molecule has 0 spiro atoms. The number of amides is 3. The van der Waals surface area contributed by atoms with Crippen LogP contribution in [0.3, 0.4) is 0 Å². The molecular weight excluding hydrogens is 390 g/mol. The van der Waals surface area contributed by atoms with Gasteiger partial charge in [0.1, 0.15) is 0 Å². The van der Waals surface area contributed by atoms with Crippen molar-refractivity contribution in [2.45, 2.75) is 24.9 Å². The van der Waals surface area contributed by atoms with Crippen LogP contribution in [0.2, 0.25) is 0 Å². The Balaban J connectivity index is 1.43. The van der Waals surface area contributed by atoms with E-state index in [1.165, 1.54) is 20.7 Å². The first-order chi connectivity index (χ1) is 13.9. The van der Waals surface area contributed by atoms with Crippen LogP contribution in [0.25, 0.3) is 0 Å². The van der Waals surface area contributed by atoms with Gasteiger partial charge in [-0.1, -0.05) is 5.21 Å². The van der Waals surface area contributed by atoms with Gasteiger partial charge in [0.2, 0.25) is 0 Å². The van der Waals surface area contributed by atoms with Gasteiger partial charge in [0, 0.05) is 32.6 Å². The second kappa shape index (κ2) is 8.19. The zero-order chi connectivity index (χ0) is 20.4. The number of halogens is 2. The summed E-state index contributed by atoms with van der Waals surface area (Å²) in [6, 6.07) is -1.14. The van der Waals surface area contributed by atoms with Crippen LogP contribution < -0.4 is 0 Å². The van der Waals surface area contributed by atoms with Crippen molar-refractivity contribution in [3.63, 3.8) is 0 Å². The molecule has 3 fully saturated rings. The molecule has 0 unspecified atom stereocenters. The van der Waals surface area contributed by atoms with Crippen LogP contribution in [-0.2, 0) is 16.0 Å². The Morgan fingerprint density at radius 3 is 2.34 bits per heavy atom. The normalized spacial score (nSPS) is 24.8. The molecular formula is C17H24F2N6O4. The molecule has 4 rings (SSSR count). The second-order valence-electron chi connectivity index (χ2n) is 7.45. The number of likely N-dealkylation sites (tertiary alicyclic amines) is 1. The highest BCUT2D eigenvalue weighted by Gasteiger charge is 2.48. The van der Waals surface area contributed by atoms with E-state index in [0.29, 0.717) is 52.6 Å². The maximum atomic E-state index is 14.1. The molecule has 0 saturated carbocycles. The fourth-order valence-corrected chi connectivity index (χ4v) is 3.85. The summed E-state index contributed by atoms with van der Waals surface area (Å²) in [5.41, 5.74) is 0.155. The first kappa shape index (κ1) is 20.0. The van der Waals surface area contributed by atoms with E-state index in [9.17, 15) is 18.4 Å². The molecule has 3 aliphatic rings.